The monoisotopic (exact) mass is 465 g/mol. The normalized spacial score (nSPS) is 14.8. The average Bonchev–Trinajstić information content (AvgIpc) is 2.79. The van der Waals surface area contributed by atoms with Gasteiger partial charge in [0.1, 0.15) is 11.6 Å². The molecule has 4 rings (SSSR count). The number of aromatic nitrogens is 2. The van der Waals surface area contributed by atoms with E-state index in [1.54, 1.807) is 12.1 Å². The van der Waals surface area contributed by atoms with Crippen LogP contribution in [0.1, 0.15) is 35.7 Å². The molecule has 0 spiro atoms. The molecule has 3 heterocycles. The first-order valence-corrected chi connectivity index (χ1v) is 12.3. The van der Waals surface area contributed by atoms with Crippen LogP contribution in [0.15, 0.2) is 59.6 Å². The Morgan fingerprint density at radius 2 is 1.73 bits per heavy atom. The summed E-state index contributed by atoms with van der Waals surface area (Å²) in [6.07, 6.45) is 1.95. The summed E-state index contributed by atoms with van der Waals surface area (Å²) in [7, 11) is -4.19. The number of aryl methyl sites for hydroxylation is 1. The molecule has 3 aromatic rings. The summed E-state index contributed by atoms with van der Waals surface area (Å²) in [6.45, 7) is 5.71. The molecular formula is C24H27N5O3S. The maximum atomic E-state index is 13.1. The lowest BCUT2D eigenvalue weighted by molar-refractivity contribution is 0.0981. The van der Waals surface area contributed by atoms with E-state index in [2.05, 4.69) is 21.5 Å². The van der Waals surface area contributed by atoms with Crippen LogP contribution >= 0.6 is 0 Å². The zero-order chi connectivity index (χ0) is 23.6. The van der Waals surface area contributed by atoms with Gasteiger partial charge in [-0.05, 0) is 49.9 Å². The number of hydrogen-bond acceptors (Lipinski definition) is 7. The van der Waals surface area contributed by atoms with Gasteiger partial charge < -0.3 is 10.6 Å². The van der Waals surface area contributed by atoms with Gasteiger partial charge in [-0.2, -0.15) is 8.42 Å². The second-order valence-corrected chi connectivity index (χ2v) is 10.1. The van der Waals surface area contributed by atoms with Crippen molar-refractivity contribution in [3.8, 4) is 11.3 Å². The Balaban J connectivity index is 1.70. The van der Waals surface area contributed by atoms with Crippen LogP contribution in [0.25, 0.3) is 11.3 Å². The minimum atomic E-state index is -4.19. The largest absolute Gasteiger partial charge is 0.384 e. The van der Waals surface area contributed by atoms with Crippen LogP contribution in [0.4, 0.5) is 11.6 Å². The second kappa shape index (κ2) is 9.19. The fourth-order valence-corrected chi connectivity index (χ4v) is 4.72. The molecule has 33 heavy (non-hydrogen) atoms. The van der Waals surface area contributed by atoms with Gasteiger partial charge in [0.25, 0.3) is 15.9 Å². The van der Waals surface area contributed by atoms with Crippen molar-refractivity contribution in [2.75, 3.05) is 23.7 Å². The number of carbonyl (C=O) groups is 1. The van der Waals surface area contributed by atoms with Crippen LogP contribution in [-0.2, 0) is 10.0 Å². The number of nitrogens with one attached hydrogen (secondary N) is 1. The van der Waals surface area contributed by atoms with Crippen molar-refractivity contribution in [1.82, 2.24) is 14.7 Å². The highest BCUT2D eigenvalue weighted by Crippen LogP contribution is 2.28. The zero-order valence-corrected chi connectivity index (χ0v) is 19.5. The summed E-state index contributed by atoms with van der Waals surface area (Å²) in [6, 6.07) is 15.6. The van der Waals surface area contributed by atoms with Crippen LogP contribution in [0.2, 0.25) is 0 Å². The number of sulfonamides is 1. The minimum Gasteiger partial charge on any atom is -0.384 e. The number of rotatable bonds is 5. The number of benzene rings is 1. The maximum absolute atomic E-state index is 13.1. The molecule has 0 atom stereocenters. The number of carbonyl (C=O) groups excluding carboxylic acids is 1. The number of nitrogens with two attached hydrogens (primary N) is 1. The Bertz CT molecular complexity index is 1270. The Labute approximate surface area is 193 Å². The van der Waals surface area contributed by atoms with Gasteiger partial charge in [-0.25, -0.2) is 14.7 Å². The average molecular weight is 466 g/mol. The van der Waals surface area contributed by atoms with Gasteiger partial charge in [0.05, 0.1) is 11.3 Å². The zero-order valence-electron chi connectivity index (χ0n) is 18.7. The number of nitrogen functional groups attached to an aromatic ring is 1. The van der Waals surface area contributed by atoms with Gasteiger partial charge in [0.2, 0.25) is 0 Å². The third-order valence-corrected chi connectivity index (χ3v) is 7.03. The summed E-state index contributed by atoms with van der Waals surface area (Å²) in [5.74, 6) is 0.371. The quantitative estimate of drug-likeness (QED) is 0.593. The van der Waals surface area contributed by atoms with Crippen molar-refractivity contribution < 1.29 is 13.2 Å². The van der Waals surface area contributed by atoms with Crippen LogP contribution in [0.3, 0.4) is 0 Å². The van der Waals surface area contributed by atoms with Crippen molar-refractivity contribution in [3.05, 3.63) is 65.7 Å². The second-order valence-electron chi connectivity index (χ2n) is 8.44. The predicted octanol–water partition coefficient (Wildman–Crippen LogP) is 3.39. The first-order chi connectivity index (χ1) is 15.7. The van der Waals surface area contributed by atoms with Gasteiger partial charge in [-0.1, -0.05) is 42.8 Å². The SMILES string of the molecule is Cc1ccc(-c2ccc(C(=O)NS(=O)(=O)c3cccc(N)n3)c(N3CCC(C)CC3)n2)cc1. The molecule has 3 N–H and O–H groups in total. The molecule has 1 saturated heterocycles. The lowest BCUT2D eigenvalue weighted by Crippen LogP contribution is -2.37. The van der Waals surface area contributed by atoms with E-state index < -0.39 is 15.9 Å². The number of piperidine rings is 1. The van der Waals surface area contributed by atoms with Gasteiger partial charge in [-0.3, -0.25) is 4.79 Å². The summed E-state index contributed by atoms with van der Waals surface area (Å²) in [5, 5.41) is -0.312. The fourth-order valence-electron chi connectivity index (χ4n) is 3.78. The van der Waals surface area contributed by atoms with E-state index in [1.807, 2.05) is 31.2 Å². The smallest absolute Gasteiger partial charge is 0.281 e. The van der Waals surface area contributed by atoms with Crippen molar-refractivity contribution in [2.24, 2.45) is 5.92 Å². The Kier molecular flexibility index (Phi) is 6.33. The van der Waals surface area contributed by atoms with Crippen LogP contribution < -0.4 is 15.4 Å². The molecule has 1 aliphatic rings. The topological polar surface area (TPSA) is 118 Å². The van der Waals surface area contributed by atoms with E-state index in [0.717, 1.165) is 42.8 Å². The molecule has 8 nitrogen and oxygen atoms in total. The standard InChI is InChI=1S/C24H27N5O3S/c1-16-6-8-18(9-7-16)20-11-10-19(23(26-20)29-14-12-17(2)13-15-29)24(30)28-33(31,32)22-5-3-4-21(25)27-22/h3-11,17H,12-15H2,1-2H3,(H2,25,27)(H,28,30). The molecule has 0 aliphatic carbocycles. The molecule has 0 radical (unpaired) electrons. The molecule has 2 aromatic heterocycles. The summed E-state index contributed by atoms with van der Waals surface area (Å²) in [4.78, 5) is 23.8. The molecule has 9 heteroatoms. The summed E-state index contributed by atoms with van der Waals surface area (Å²) < 4.78 is 27.6. The third-order valence-electron chi connectivity index (χ3n) is 5.80. The minimum absolute atomic E-state index is 0.0533. The molecule has 172 valence electrons. The first kappa shape index (κ1) is 22.7. The van der Waals surface area contributed by atoms with Gasteiger partial charge >= 0.3 is 0 Å². The van der Waals surface area contributed by atoms with E-state index in [1.165, 1.54) is 18.2 Å². The van der Waals surface area contributed by atoms with E-state index in [-0.39, 0.29) is 16.4 Å². The molecular weight excluding hydrogens is 438 g/mol. The van der Waals surface area contributed by atoms with E-state index in [4.69, 9.17) is 10.7 Å². The fraction of sp³-hybridized carbons (Fsp3) is 0.292. The molecule has 1 aliphatic heterocycles. The van der Waals surface area contributed by atoms with Crippen molar-refractivity contribution in [2.45, 2.75) is 31.7 Å². The van der Waals surface area contributed by atoms with Crippen molar-refractivity contribution >= 4 is 27.6 Å². The first-order valence-electron chi connectivity index (χ1n) is 10.9. The van der Waals surface area contributed by atoms with E-state index >= 15 is 0 Å². The van der Waals surface area contributed by atoms with Crippen LogP contribution in [0.5, 0.6) is 0 Å². The van der Waals surface area contributed by atoms with Crippen LogP contribution in [0, 0.1) is 12.8 Å². The van der Waals surface area contributed by atoms with E-state index in [9.17, 15) is 13.2 Å². The molecule has 1 fully saturated rings. The van der Waals surface area contributed by atoms with Gasteiger partial charge in [-0.15, -0.1) is 0 Å². The van der Waals surface area contributed by atoms with Crippen molar-refractivity contribution in [3.63, 3.8) is 0 Å². The highest BCUT2D eigenvalue weighted by atomic mass is 32.2. The molecule has 1 aromatic carbocycles. The predicted molar refractivity (Wildman–Crippen MR) is 128 cm³/mol. The Hall–Kier alpha value is -3.46. The van der Waals surface area contributed by atoms with Crippen molar-refractivity contribution in [1.29, 1.82) is 0 Å². The molecule has 0 bridgehead atoms. The number of amides is 1. The summed E-state index contributed by atoms with van der Waals surface area (Å²) in [5.41, 5.74) is 8.60. The highest BCUT2D eigenvalue weighted by molar-refractivity contribution is 7.90. The Morgan fingerprint density at radius 1 is 1.03 bits per heavy atom. The van der Waals surface area contributed by atoms with E-state index in [0.29, 0.717) is 11.7 Å². The molecule has 0 unspecified atom stereocenters. The van der Waals surface area contributed by atoms with Gasteiger partial charge in [0.15, 0.2) is 5.03 Å². The lowest BCUT2D eigenvalue weighted by atomic mass is 9.98. The molecule has 1 amide bonds. The lowest BCUT2D eigenvalue weighted by Gasteiger charge is -2.32. The summed E-state index contributed by atoms with van der Waals surface area (Å²) >= 11 is 0. The number of hydrogen-bond donors (Lipinski definition) is 2. The van der Waals surface area contributed by atoms with Crippen LogP contribution in [-0.4, -0.2) is 37.4 Å². The number of pyridine rings is 2. The van der Waals surface area contributed by atoms with Gasteiger partial charge in [0, 0.05) is 18.7 Å². The number of anilines is 2. The third kappa shape index (κ3) is 5.14. The highest BCUT2D eigenvalue weighted by Gasteiger charge is 2.26. The Morgan fingerprint density at radius 3 is 2.39 bits per heavy atom. The maximum Gasteiger partial charge on any atom is 0.281 e. The molecule has 0 saturated carbocycles. The number of nitrogens with zero attached hydrogens (tertiary/aromatic N) is 3.